The van der Waals surface area contributed by atoms with Gasteiger partial charge in [0, 0.05) is 13.1 Å². The fraction of sp³-hybridized carbons (Fsp3) is 0.538. The third kappa shape index (κ3) is 3.01. The number of nitro groups is 1. The van der Waals surface area contributed by atoms with E-state index >= 15 is 0 Å². The van der Waals surface area contributed by atoms with Gasteiger partial charge in [0.05, 0.1) is 10.5 Å². The average Bonchev–Trinajstić information content (AvgIpc) is 2.49. The van der Waals surface area contributed by atoms with Gasteiger partial charge in [0.1, 0.15) is 5.69 Å². The number of anilines is 1. The topological polar surface area (TPSA) is 66.6 Å². The molecule has 1 aliphatic heterocycles. The van der Waals surface area contributed by atoms with Gasteiger partial charge in [0.15, 0.2) is 0 Å². The van der Waals surface area contributed by atoms with Crippen LogP contribution in [0.4, 0.5) is 15.8 Å². The van der Waals surface area contributed by atoms with E-state index in [-0.39, 0.29) is 0 Å². The normalized spacial score (nSPS) is 24.1. The molecular formula is C13H17FN2O3. The Morgan fingerprint density at radius 3 is 2.84 bits per heavy atom. The van der Waals surface area contributed by atoms with Crippen molar-refractivity contribution < 1.29 is 14.4 Å². The van der Waals surface area contributed by atoms with Crippen LogP contribution >= 0.6 is 0 Å². The molecule has 0 saturated carbocycles. The number of para-hydroxylation sites is 1. The first-order chi connectivity index (χ1) is 8.91. The first-order valence-electron chi connectivity index (χ1n) is 6.31. The molecule has 1 unspecified atom stereocenters. The summed E-state index contributed by atoms with van der Waals surface area (Å²) in [6, 6.07) is 4.12. The Bertz CT molecular complexity index is 491. The van der Waals surface area contributed by atoms with Crippen molar-refractivity contribution in [3.8, 4) is 0 Å². The molecule has 0 amide bonds. The summed E-state index contributed by atoms with van der Waals surface area (Å²) in [6.07, 6.45) is 1.88. The molecule has 6 heteroatoms. The molecular weight excluding hydrogens is 251 g/mol. The van der Waals surface area contributed by atoms with Crippen LogP contribution in [-0.4, -0.2) is 28.7 Å². The van der Waals surface area contributed by atoms with E-state index < -0.39 is 22.0 Å². The van der Waals surface area contributed by atoms with Crippen LogP contribution in [0.2, 0.25) is 0 Å². The predicted octanol–water partition coefficient (Wildman–Crippen LogP) is 2.48. The highest BCUT2D eigenvalue weighted by Crippen LogP contribution is 2.33. The van der Waals surface area contributed by atoms with Crippen molar-refractivity contribution >= 4 is 11.4 Å². The second kappa shape index (κ2) is 5.13. The molecule has 0 radical (unpaired) electrons. The van der Waals surface area contributed by atoms with Crippen LogP contribution in [0, 0.1) is 15.9 Å². The third-order valence-electron chi connectivity index (χ3n) is 3.55. The summed E-state index contributed by atoms with van der Waals surface area (Å²) in [7, 11) is 0. The molecule has 1 aromatic rings. The van der Waals surface area contributed by atoms with Gasteiger partial charge in [-0.15, -0.1) is 0 Å². The Hall–Kier alpha value is -1.69. The standard InChI is InChI=1S/C13H17FN2O3/c1-13(17)6-3-8-15(9-7-13)11-5-2-4-10(14)12(11)16(18)19/h2,4-5,17H,3,6-9H2,1H3. The maximum Gasteiger partial charge on any atom is 0.327 e. The van der Waals surface area contributed by atoms with E-state index in [1.807, 2.05) is 0 Å². The SMILES string of the molecule is CC1(O)CCCN(c2cccc(F)c2[N+](=O)[O-])CC1. The number of hydrogen-bond donors (Lipinski definition) is 1. The molecule has 0 aromatic heterocycles. The quantitative estimate of drug-likeness (QED) is 0.661. The van der Waals surface area contributed by atoms with Crippen LogP contribution in [0.1, 0.15) is 26.2 Å². The second-order valence-corrected chi connectivity index (χ2v) is 5.20. The van der Waals surface area contributed by atoms with Crippen LogP contribution < -0.4 is 4.90 Å². The summed E-state index contributed by atoms with van der Waals surface area (Å²) < 4.78 is 13.6. The highest BCUT2D eigenvalue weighted by Gasteiger charge is 2.29. The summed E-state index contributed by atoms with van der Waals surface area (Å²) in [5.74, 6) is -0.821. The van der Waals surface area contributed by atoms with Gasteiger partial charge in [-0.05, 0) is 38.3 Å². The zero-order chi connectivity index (χ0) is 14.0. The number of nitro benzene ring substituents is 1. The van der Waals surface area contributed by atoms with Crippen molar-refractivity contribution in [2.24, 2.45) is 0 Å². The number of nitrogens with zero attached hydrogens (tertiary/aromatic N) is 2. The molecule has 2 rings (SSSR count). The van der Waals surface area contributed by atoms with Crippen molar-refractivity contribution in [1.29, 1.82) is 0 Å². The molecule has 1 heterocycles. The maximum atomic E-state index is 13.6. The molecule has 104 valence electrons. The molecule has 1 N–H and O–H groups in total. The predicted molar refractivity (Wildman–Crippen MR) is 69.7 cm³/mol. The van der Waals surface area contributed by atoms with Gasteiger partial charge >= 0.3 is 5.69 Å². The van der Waals surface area contributed by atoms with Crippen LogP contribution in [0.15, 0.2) is 18.2 Å². The van der Waals surface area contributed by atoms with E-state index in [2.05, 4.69) is 0 Å². The Labute approximate surface area is 110 Å². The lowest BCUT2D eigenvalue weighted by atomic mass is 9.98. The van der Waals surface area contributed by atoms with Crippen molar-refractivity contribution in [3.63, 3.8) is 0 Å². The summed E-state index contributed by atoms with van der Waals surface area (Å²) in [4.78, 5) is 12.1. The largest absolute Gasteiger partial charge is 0.390 e. The van der Waals surface area contributed by atoms with Crippen molar-refractivity contribution in [2.45, 2.75) is 31.8 Å². The average molecular weight is 268 g/mol. The zero-order valence-corrected chi connectivity index (χ0v) is 10.8. The van der Waals surface area contributed by atoms with E-state index in [4.69, 9.17) is 0 Å². The lowest BCUT2D eigenvalue weighted by Gasteiger charge is -2.24. The Morgan fingerprint density at radius 1 is 1.42 bits per heavy atom. The Kier molecular flexibility index (Phi) is 3.71. The summed E-state index contributed by atoms with van der Waals surface area (Å²) in [5, 5.41) is 21.0. The van der Waals surface area contributed by atoms with Gasteiger partial charge in [-0.1, -0.05) is 6.07 Å². The van der Waals surface area contributed by atoms with Crippen LogP contribution in [-0.2, 0) is 0 Å². The molecule has 0 spiro atoms. The van der Waals surface area contributed by atoms with Crippen LogP contribution in [0.5, 0.6) is 0 Å². The lowest BCUT2D eigenvalue weighted by Crippen LogP contribution is -2.28. The second-order valence-electron chi connectivity index (χ2n) is 5.20. The zero-order valence-electron chi connectivity index (χ0n) is 10.8. The van der Waals surface area contributed by atoms with Crippen LogP contribution in [0.25, 0.3) is 0 Å². The third-order valence-corrected chi connectivity index (χ3v) is 3.55. The van der Waals surface area contributed by atoms with Gasteiger partial charge in [0.25, 0.3) is 0 Å². The number of hydrogen-bond acceptors (Lipinski definition) is 4. The highest BCUT2D eigenvalue weighted by molar-refractivity contribution is 5.63. The minimum atomic E-state index is -0.821. The van der Waals surface area contributed by atoms with Gasteiger partial charge in [-0.2, -0.15) is 4.39 Å². The van der Waals surface area contributed by atoms with E-state index in [0.717, 1.165) is 12.5 Å². The smallest absolute Gasteiger partial charge is 0.327 e. The summed E-state index contributed by atoms with van der Waals surface area (Å²) in [5.41, 5.74) is -0.941. The molecule has 0 aliphatic carbocycles. The fourth-order valence-electron chi connectivity index (χ4n) is 2.44. The summed E-state index contributed by atoms with van der Waals surface area (Å²) in [6.45, 7) is 2.83. The van der Waals surface area contributed by atoms with Crippen molar-refractivity contribution in [1.82, 2.24) is 0 Å². The van der Waals surface area contributed by atoms with Gasteiger partial charge in [-0.3, -0.25) is 10.1 Å². The van der Waals surface area contributed by atoms with Gasteiger partial charge in [-0.25, -0.2) is 0 Å². The number of benzene rings is 1. The molecule has 19 heavy (non-hydrogen) atoms. The summed E-state index contributed by atoms with van der Waals surface area (Å²) >= 11 is 0. The fourth-order valence-corrected chi connectivity index (χ4v) is 2.44. The minimum absolute atomic E-state index is 0.294. The lowest BCUT2D eigenvalue weighted by molar-refractivity contribution is -0.386. The van der Waals surface area contributed by atoms with Crippen LogP contribution in [0.3, 0.4) is 0 Å². The molecule has 1 aliphatic rings. The van der Waals surface area contributed by atoms with Crippen molar-refractivity contribution in [2.75, 3.05) is 18.0 Å². The molecule has 5 nitrogen and oxygen atoms in total. The monoisotopic (exact) mass is 268 g/mol. The maximum absolute atomic E-state index is 13.6. The van der Waals surface area contributed by atoms with E-state index in [1.165, 1.54) is 6.07 Å². The molecule has 1 atom stereocenters. The number of aliphatic hydroxyl groups is 1. The first-order valence-corrected chi connectivity index (χ1v) is 6.31. The minimum Gasteiger partial charge on any atom is -0.390 e. The van der Waals surface area contributed by atoms with Gasteiger partial charge < -0.3 is 10.0 Å². The van der Waals surface area contributed by atoms with E-state index in [9.17, 15) is 19.6 Å². The Morgan fingerprint density at radius 2 is 2.16 bits per heavy atom. The van der Waals surface area contributed by atoms with Gasteiger partial charge in [0.2, 0.25) is 5.82 Å². The first kappa shape index (κ1) is 13.7. The van der Waals surface area contributed by atoms with E-state index in [1.54, 1.807) is 17.9 Å². The molecule has 1 saturated heterocycles. The number of halogens is 1. The molecule has 1 aromatic carbocycles. The molecule has 0 bridgehead atoms. The number of rotatable bonds is 2. The molecule has 1 fully saturated rings. The van der Waals surface area contributed by atoms with E-state index in [0.29, 0.717) is 31.6 Å². The highest BCUT2D eigenvalue weighted by atomic mass is 19.1. The Balaban J connectivity index is 2.32. The van der Waals surface area contributed by atoms with Crippen molar-refractivity contribution in [3.05, 3.63) is 34.1 Å².